The fourth-order valence-corrected chi connectivity index (χ4v) is 3.75. The van der Waals surface area contributed by atoms with Crippen LogP contribution in [0.3, 0.4) is 0 Å². The lowest BCUT2D eigenvalue weighted by Crippen LogP contribution is -2.38. The van der Waals surface area contributed by atoms with Gasteiger partial charge in [-0.05, 0) is 60.9 Å². The second kappa shape index (κ2) is 14.6. The minimum absolute atomic E-state index is 0.285. The predicted octanol–water partition coefficient (Wildman–Crippen LogP) is 4.22. The van der Waals surface area contributed by atoms with Gasteiger partial charge in [0.15, 0.2) is 18.1 Å². The van der Waals surface area contributed by atoms with Gasteiger partial charge in [-0.25, -0.2) is 5.43 Å². The number of hydrogen-bond donors (Lipinski definition) is 3. The molecule has 0 aliphatic rings. The number of carbonyl (C=O) groups is 3. The Bertz CT molecular complexity index is 1280. The number of hydrazone groups is 1. The van der Waals surface area contributed by atoms with Crippen molar-refractivity contribution >= 4 is 52.8 Å². The van der Waals surface area contributed by atoms with Crippen LogP contribution < -0.4 is 25.5 Å². The number of ether oxygens (including phenoxy) is 2. The van der Waals surface area contributed by atoms with E-state index in [1.807, 2.05) is 30.3 Å². The largest absolute Gasteiger partial charge is 0.490 e. The molecule has 0 radical (unpaired) electrons. The van der Waals surface area contributed by atoms with Crippen LogP contribution in [0.1, 0.15) is 18.1 Å². The van der Waals surface area contributed by atoms with Gasteiger partial charge in [-0.2, -0.15) is 5.10 Å². The summed E-state index contributed by atoms with van der Waals surface area (Å²) in [5, 5.41) is 9.82. The van der Waals surface area contributed by atoms with Crippen molar-refractivity contribution in [3.63, 3.8) is 0 Å². The van der Waals surface area contributed by atoms with E-state index in [4.69, 9.17) is 32.7 Å². The van der Waals surface area contributed by atoms with E-state index in [0.29, 0.717) is 52.4 Å². The van der Waals surface area contributed by atoms with Crippen molar-refractivity contribution in [1.29, 1.82) is 0 Å². The van der Waals surface area contributed by atoms with Crippen molar-refractivity contribution in [2.75, 3.05) is 25.1 Å². The molecule has 0 bridgehead atoms. The lowest BCUT2D eigenvalue weighted by atomic mass is 10.1. The molecule has 0 aromatic heterocycles. The fourth-order valence-electron chi connectivity index (χ4n) is 3.22. The predicted molar refractivity (Wildman–Crippen MR) is 147 cm³/mol. The van der Waals surface area contributed by atoms with Gasteiger partial charge in [0.2, 0.25) is 0 Å². The minimum Gasteiger partial charge on any atom is -0.490 e. The summed E-state index contributed by atoms with van der Waals surface area (Å²) in [6.07, 6.45) is 1.96. The summed E-state index contributed by atoms with van der Waals surface area (Å²) in [7, 11) is 0. The first-order valence-electron chi connectivity index (χ1n) is 11.6. The quantitative estimate of drug-likeness (QED) is 0.185. The molecule has 3 rings (SSSR count). The van der Waals surface area contributed by atoms with Crippen molar-refractivity contribution < 1.29 is 23.9 Å². The van der Waals surface area contributed by atoms with Crippen molar-refractivity contribution in [2.45, 2.75) is 13.3 Å². The van der Waals surface area contributed by atoms with Gasteiger partial charge in [-0.1, -0.05) is 53.5 Å². The lowest BCUT2D eigenvalue weighted by molar-refractivity contribution is -0.139. The van der Waals surface area contributed by atoms with Gasteiger partial charge in [0.1, 0.15) is 0 Å². The Labute approximate surface area is 230 Å². The maximum Gasteiger partial charge on any atom is 0.329 e. The summed E-state index contributed by atoms with van der Waals surface area (Å²) in [6.45, 7) is 2.19. The maximum atomic E-state index is 12.3. The number of benzene rings is 3. The Balaban J connectivity index is 1.50. The van der Waals surface area contributed by atoms with Gasteiger partial charge < -0.3 is 20.1 Å². The van der Waals surface area contributed by atoms with Crippen LogP contribution in [0.15, 0.2) is 71.8 Å². The van der Waals surface area contributed by atoms with Gasteiger partial charge in [0, 0.05) is 22.3 Å². The zero-order valence-corrected chi connectivity index (χ0v) is 22.0. The SMILES string of the molecule is CCOc1cc(/C=N\NC(=O)C(=O)NCCc2ccccc2)ccc1OCC(=O)Nc1cc(Cl)cc(Cl)c1. The molecule has 0 heterocycles. The van der Waals surface area contributed by atoms with Crippen molar-refractivity contribution in [2.24, 2.45) is 5.10 Å². The van der Waals surface area contributed by atoms with E-state index in [1.54, 1.807) is 43.3 Å². The number of halogens is 2. The average Bonchev–Trinajstić information content (AvgIpc) is 2.88. The summed E-state index contributed by atoms with van der Waals surface area (Å²) in [5.41, 5.74) is 4.26. The third-order valence-corrected chi connectivity index (χ3v) is 5.34. The summed E-state index contributed by atoms with van der Waals surface area (Å²) in [6, 6.07) is 19.2. The molecule has 0 aliphatic carbocycles. The first-order chi connectivity index (χ1) is 18.3. The first kappa shape index (κ1) is 28.5. The van der Waals surface area contributed by atoms with E-state index in [2.05, 4.69) is 21.2 Å². The molecule has 11 heteroatoms. The smallest absolute Gasteiger partial charge is 0.329 e. The highest BCUT2D eigenvalue weighted by atomic mass is 35.5. The van der Waals surface area contributed by atoms with E-state index in [9.17, 15) is 14.4 Å². The molecule has 0 atom stereocenters. The Kier molecular flexibility index (Phi) is 11.0. The number of nitrogens with one attached hydrogen (secondary N) is 3. The molecule has 0 aliphatic heterocycles. The molecule has 0 saturated carbocycles. The third kappa shape index (κ3) is 9.42. The number of amides is 3. The van der Waals surface area contributed by atoms with E-state index in [0.717, 1.165) is 5.56 Å². The van der Waals surface area contributed by atoms with Crippen LogP contribution in [0.5, 0.6) is 11.5 Å². The highest BCUT2D eigenvalue weighted by Crippen LogP contribution is 2.28. The summed E-state index contributed by atoms with van der Waals surface area (Å²) in [4.78, 5) is 36.2. The lowest BCUT2D eigenvalue weighted by Gasteiger charge is -2.13. The zero-order valence-electron chi connectivity index (χ0n) is 20.5. The molecule has 0 spiro atoms. The Hall–Kier alpha value is -4.08. The Morgan fingerprint density at radius 3 is 2.34 bits per heavy atom. The number of hydrogen-bond acceptors (Lipinski definition) is 6. The molecule has 3 aromatic rings. The molecular formula is C27H26Cl2N4O5. The second-order valence-electron chi connectivity index (χ2n) is 7.82. The van der Waals surface area contributed by atoms with Crippen LogP contribution in [0, 0.1) is 0 Å². The number of anilines is 1. The van der Waals surface area contributed by atoms with E-state index in [-0.39, 0.29) is 6.61 Å². The van der Waals surface area contributed by atoms with E-state index in [1.165, 1.54) is 6.21 Å². The van der Waals surface area contributed by atoms with Crippen LogP contribution in [0.25, 0.3) is 0 Å². The molecule has 3 aromatic carbocycles. The second-order valence-corrected chi connectivity index (χ2v) is 8.70. The summed E-state index contributed by atoms with van der Waals surface area (Å²) in [5.74, 6) is -1.37. The number of rotatable bonds is 11. The highest BCUT2D eigenvalue weighted by Gasteiger charge is 2.12. The van der Waals surface area contributed by atoms with Gasteiger partial charge >= 0.3 is 11.8 Å². The summed E-state index contributed by atoms with van der Waals surface area (Å²) >= 11 is 11.9. The Morgan fingerprint density at radius 2 is 1.63 bits per heavy atom. The van der Waals surface area contributed by atoms with Crippen molar-refractivity contribution in [3.05, 3.63) is 87.9 Å². The van der Waals surface area contributed by atoms with Crippen molar-refractivity contribution in [1.82, 2.24) is 10.7 Å². The molecule has 0 fully saturated rings. The number of carbonyl (C=O) groups excluding carboxylic acids is 3. The van der Waals surface area contributed by atoms with E-state index < -0.39 is 17.7 Å². The van der Waals surface area contributed by atoms with E-state index >= 15 is 0 Å². The van der Waals surface area contributed by atoms with Crippen LogP contribution in [0.4, 0.5) is 5.69 Å². The van der Waals surface area contributed by atoms with Crippen LogP contribution in [-0.4, -0.2) is 43.7 Å². The Morgan fingerprint density at radius 1 is 0.895 bits per heavy atom. The maximum absolute atomic E-state index is 12.3. The standard InChI is InChI=1S/C27H26Cl2N4O5/c1-2-37-24-12-19(16-31-33-27(36)26(35)30-11-10-18-6-4-3-5-7-18)8-9-23(24)38-17-25(34)32-22-14-20(28)13-21(29)15-22/h3-9,12-16H,2,10-11,17H2,1H3,(H,30,35)(H,32,34)(H,33,36)/b31-16-. The zero-order chi connectivity index (χ0) is 27.3. The third-order valence-electron chi connectivity index (χ3n) is 4.90. The molecular weight excluding hydrogens is 531 g/mol. The minimum atomic E-state index is -0.883. The molecule has 38 heavy (non-hydrogen) atoms. The van der Waals surface area contributed by atoms with Gasteiger partial charge in [-0.3, -0.25) is 14.4 Å². The molecule has 198 valence electrons. The molecule has 3 N–H and O–H groups in total. The molecule has 0 unspecified atom stereocenters. The first-order valence-corrected chi connectivity index (χ1v) is 12.4. The van der Waals surface area contributed by atoms with Gasteiger partial charge in [0.25, 0.3) is 5.91 Å². The average molecular weight is 557 g/mol. The molecule has 3 amide bonds. The van der Waals surface area contributed by atoms with Crippen molar-refractivity contribution in [3.8, 4) is 11.5 Å². The van der Waals surface area contributed by atoms with Gasteiger partial charge in [0.05, 0.1) is 12.8 Å². The highest BCUT2D eigenvalue weighted by molar-refractivity contribution is 6.35. The molecule has 0 saturated heterocycles. The van der Waals surface area contributed by atoms with Crippen LogP contribution >= 0.6 is 23.2 Å². The van der Waals surface area contributed by atoms with Crippen LogP contribution in [0.2, 0.25) is 10.0 Å². The summed E-state index contributed by atoms with van der Waals surface area (Å²) < 4.78 is 11.2. The van der Waals surface area contributed by atoms with Gasteiger partial charge in [-0.15, -0.1) is 0 Å². The molecule has 9 nitrogen and oxygen atoms in total. The van der Waals surface area contributed by atoms with Crippen LogP contribution in [-0.2, 0) is 20.8 Å². The topological polar surface area (TPSA) is 118 Å². The normalized spacial score (nSPS) is 10.6. The number of nitrogens with zero attached hydrogens (tertiary/aromatic N) is 1. The fraction of sp³-hybridized carbons (Fsp3) is 0.185. The monoisotopic (exact) mass is 556 g/mol.